The van der Waals surface area contributed by atoms with Crippen LogP contribution >= 0.6 is 11.3 Å². The summed E-state index contributed by atoms with van der Waals surface area (Å²) in [6.07, 6.45) is 4.95. The molecule has 3 N–H and O–H groups in total. The maximum absolute atomic E-state index is 10.8. The predicted molar refractivity (Wildman–Crippen MR) is 72.0 cm³/mol. The van der Waals surface area contributed by atoms with E-state index in [1.807, 2.05) is 0 Å². The summed E-state index contributed by atoms with van der Waals surface area (Å²) in [5, 5.41) is 11.5. The molecule has 100 valence electrons. The summed E-state index contributed by atoms with van der Waals surface area (Å²) in [5.74, 6) is -1.03. The molecule has 0 spiro atoms. The van der Waals surface area contributed by atoms with Gasteiger partial charge in [-0.1, -0.05) is 12.8 Å². The first-order valence-corrected chi connectivity index (χ1v) is 7.22. The van der Waals surface area contributed by atoms with Crippen LogP contribution < -0.4 is 10.6 Å². The van der Waals surface area contributed by atoms with Crippen LogP contribution in [-0.2, 0) is 4.79 Å². The Morgan fingerprint density at radius 1 is 1.67 bits per heavy atom. The summed E-state index contributed by atoms with van der Waals surface area (Å²) >= 11 is 1.49. The molecule has 1 saturated carbocycles. The normalized spacial score (nSPS) is 17.9. The van der Waals surface area contributed by atoms with Gasteiger partial charge in [-0.15, -0.1) is 11.3 Å². The molecule has 1 unspecified atom stereocenters. The number of rotatable bonds is 5. The van der Waals surface area contributed by atoms with Crippen molar-refractivity contribution >= 4 is 22.4 Å². The molecule has 0 saturated heterocycles. The molecular formula is C12H19N3O2S. The molecule has 1 fully saturated rings. The van der Waals surface area contributed by atoms with Gasteiger partial charge in [0.1, 0.15) is 6.04 Å². The minimum atomic E-state index is -1.03. The molecular weight excluding hydrogens is 250 g/mol. The van der Waals surface area contributed by atoms with Crippen LogP contribution in [0.25, 0.3) is 0 Å². The van der Waals surface area contributed by atoms with E-state index in [0.717, 1.165) is 11.7 Å². The molecule has 2 rings (SSSR count). The van der Waals surface area contributed by atoms with Crippen LogP contribution in [0.15, 0.2) is 5.38 Å². The second-order valence-electron chi connectivity index (χ2n) is 4.60. The van der Waals surface area contributed by atoms with E-state index in [2.05, 4.69) is 16.8 Å². The Morgan fingerprint density at radius 2 is 2.33 bits per heavy atom. The molecule has 1 atom stereocenters. The van der Waals surface area contributed by atoms with Crippen LogP contribution in [0, 0.1) is 0 Å². The third-order valence-electron chi connectivity index (χ3n) is 3.45. The first kappa shape index (κ1) is 13.3. The van der Waals surface area contributed by atoms with Crippen LogP contribution in [0.2, 0.25) is 0 Å². The number of nitrogens with zero attached hydrogens (tertiary/aromatic N) is 2. The van der Waals surface area contributed by atoms with Crippen LogP contribution in [0.4, 0.5) is 5.13 Å². The van der Waals surface area contributed by atoms with E-state index >= 15 is 0 Å². The average molecular weight is 269 g/mol. The van der Waals surface area contributed by atoms with Crippen LogP contribution in [0.5, 0.6) is 0 Å². The second-order valence-corrected chi connectivity index (χ2v) is 5.43. The fourth-order valence-electron chi connectivity index (χ4n) is 2.44. The van der Waals surface area contributed by atoms with Crippen molar-refractivity contribution < 1.29 is 9.90 Å². The number of nitrogens with two attached hydrogens (primary N) is 1. The molecule has 1 heterocycles. The van der Waals surface area contributed by atoms with Gasteiger partial charge in [0.2, 0.25) is 0 Å². The van der Waals surface area contributed by atoms with E-state index < -0.39 is 12.0 Å². The zero-order valence-corrected chi connectivity index (χ0v) is 11.3. The number of thiazole rings is 1. The Bertz CT molecular complexity index is 415. The molecule has 0 bridgehead atoms. The Kier molecular flexibility index (Phi) is 4.19. The summed E-state index contributed by atoms with van der Waals surface area (Å²) in [6, 6.07) is -0.465. The smallest absolute Gasteiger partial charge is 0.326 e. The fraction of sp³-hybridized carbons (Fsp3) is 0.667. The van der Waals surface area contributed by atoms with Gasteiger partial charge < -0.3 is 15.7 Å². The van der Waals surface area contributed by atoms with Crippen molar-refractivity contribution in [2.45, 2.75) is 44.7 Å². The van der Waals surface area contributed by atoms with Gasteiger partial charge in [-0.05, 0) is 19.8 Å². The second kappa shape index (κ2) is 5.67. The lowest BCUT2D eigenvalue weighted by atomic mass is 10.2. The van der Waals surface area contributed by atoms with E-state index in [9.17, 15) is 4.79 Å². The van der Waals surface area contributed by atoms with Crippen molar-refractivity contribution in [2.24, 2.45) is 5.73 Å². The quantitative estimate of drug-likeness (QED) is 0.854. The topological polar surface area (TPSA) is 79.5 Å². The first-order chi connectivity index (χ1) is 8.63. The highest BCUT2D eigenvalue weighted by Crippen LogP contribution is 2.31. The molecule has 0 amide bonds. The summed E-state index contributed by atoms with van der Waals surface area (Å²) in [5.41, 5.74) is 6.03. The molecule has 1 aromatic heterocycles. The summed E-state index contributed by atoms with van der Waals surface area (Å²) in [6.45, 7) is 3.01. The molecule has 1 aromatic rings. The van der Waals surface area contributed by atoms with Crippen molar-refractivity contribution in [1.29, 1.82) is 0 Å². The van der Waals surface area contributed by atoms with Crippen molar-refractivity contribution in [3.8, 4) is 0 Å². The zero-order valence-electron chi connectivity index (χ0n) is 10.5. The molecule has 1 aliphatic rings. The van der Waals surface area contributed by atoms with Gasteiger partial charge >= 0.3 is 5.97 Å². The third-order valence-corrected chi connectivity index (χ3v) is 4.34. The van der Waals surface area contributed by atoms with Gasteiger partial charge in [0.25, 0.3) is 0 Å². The van der Waals surface area contributed by atoms with Gasteiger partial charge in [-0.25, -0.2) is 4.98 Å². The molecule has 0 aliphatic heterocycles. The van der Waals surface area contributed by atoms with Crippen molar-refractivity contribution in [3.63, 3.8) is 0 Å². The highest BCUT2D eigenvalue weighted by atomic mass is 32.1. The number of hydrogen-bond acceptors (Lipinski definition) is 5. The highest BCUT2D eigenvalue weighted by Gasteiger charge is 2.25. The first-order valence-electron chi connectivity index (χ1n) is 6.34. The number of aliphatic carboxylic acids is 1. The summed E-state index contributed by atoms with van der Waals surface area (Å²) in [7, 11) is 0. The average Bonchev–Trinajstić information content (AvgIpc) is 3.00. The van der Waals surface area contributed by atoms with E-state index in [4.69, 9.17) is 10.8 Å². The number of carbonyl (C=O) groups is 1. The van der Waals surface area contributed by atoms with Gasteiger partial charge in [-0.3, -0.25) is 4.79 Å². The Morgan fingerprint density at radius 3 is 2.89 bits per heavy atom. The van der Waals surface area contributed by atoms with E-state index in [0.29, 0.717) is 11.7 Å². The molecule has 0 aromatic carbocycles. The number of anilines is 1. The monoisotopic (exact) mass is 269 g/mol. The van der Waals surface area contributed by atoms with Gasteiger partial charge in [0, 0.05) is 18.0 Å². The summed E-state index contributed by atoms with van der Waals surface area (Å²) in [4.78, 5) is 17.5. The molecule has 1 aliphatic carbocycles. The number of hydrogen-bond donors (Lipinski definition) is 2. The maximum atomic E-state index is 10.8. The van der Waals surface area contributed by atoms with Crippen LogP contribution in [-0.4, -0.2) is 28.6 Å². The van der Waals surface area contributed by atoms with Crippen molar-refractivity contribution in [2.75, 3.05) is 11.4 Å². The summed E-state index contributed by atoms with van der Waals surface area (Å²) < 4.78 is 0. The lowest BCUT2D eigenvalue weighted by Gasteiger charge is -2.26. The lowest BCUT2D eigenvalue weighted by molar-refractivity contribution is -0.138. The Hall–Kier alpha value is -1.14. The van der Waals surface area contributed by atoms with Gasteiger partial charge in [0.15, 0.2) is 5.13 Å². The van der Waals surface area contributed by atoms with Crippen LogP contribution in [0.1, 0.15) is 44.3 Å². The molecule has 0 radical (unpaired) electrons. The minimum Gasteiger partial charge on any atom is -0.480 e. The lowest BCUT2D eigenvalue weighted by Crippen LogP contribution is -2.33. The fourth-order valence-corrected chi connectivity index (χ4v) is 3.44. The molecule has 5 nitrogen and oxygen atoms in total. The SMILES string of the molecule is CCN(c1nc(C(N)C(=O)O)cs1)C1CCCC1. The number of aromatic nitrogens is 1. The molecule has 6 heteroatoms. The predicted octanol–water partition coefficient (Wildman–Crippen LogP) is 2.00. The van der Waals surface area contributed by atoms with Crippen molar-refractivity contribution in [1.82, 2.24) is 4.98 Å². The maximum Gasteiger partial charge on any atom is 0.326 e. The van der Waals surface area contributed by atoms with Gasteiger partial charge in [0.05, 0.1) is 5.69 Å². The largest absolute Gasteiger partial charge is 0.480 e. The Labute approximate surface area is 111 Å². The third kappa shape index (κ3) is 2.64. The molecule has 18 heavy (non-hydrogen) atoms. The number of carboxylic acid groups (broad SMARTS) is 1. The van der Waals surface area contributed by atoms with Crippen molar-refractivity contribution in [3.05, 3.63) is 11.1 Å². The van der Waals surface area contributed by atoms with E-state index in [-0.39, 0.29) is 0 Å². The highest BCUT2D eigenvalue weighted by molar-refractivity contribution is 7.13. The number of carboxylic acids is 1. The Balaban J connectivity index is 2.14. The zero-order chi connectivity index (χ0) is 13.1. The van der Waals surface area contributed by atoms with E-state index in [1.54, 1.807) is 5.38 Å². The minimum absolute atomic E-state index is 0.457. The van der Waals surface area contributed by atoms with Gasteiger partial charge in [-0.2, -0.15) is 0 Å². The standard InChI is InChI=1S/C12H19N3O2S/c1-2-15(8-5-3-4-6-8)12-14-9(7-18-12)10(13)11(16)17/h7-8,10H,2-6,13H2,1H3,(H,16,17). The van der Waals surface area contributed by atoms with E-state index in [1.165, 1.54) is 37.0 Å². The van der Waals surface area contributed by atoms with Crippen LogP contribution in [0.3, 0.4) is 0 Å².